The molecule has 0 atom stereocenters. The highest BCUT2D eigenvalue weighted by molar-refractivity contribution is 6.15. The van der Waals surface area contributed by atoms with E-state index in [0.29, 0.717) is 11.0 Å². The van der Waals surface area contributed by atoms with E-state index in [1.54, 1.807) is 0 Å². The summed E-state index contributed by atoms with van der Waals surface area (Å²) >= 11 is 0. The lowest BCUT2D eigenvalue weighted by atomic mass is 9.92. The van der Waals surface area contributed by atoms with Crippen LogP contribution in [0, 0.1) is 0 Å². The van der Waals surface area contributed by atoms with Gasteiger partial charge in [-0.2, -0.15) is 0 Å². The van der Waals surface area contributed by atoms with E-state index in [9.17, 15) is 4.79 Å². The van der Waals surface area contributed by atoms with Gasteiger partial charge in [-0.25, -0.2) is 9.78 Å². The summed E-state index contributed by atoms with van der Waals surface area (Å²) in [6.07, 6.45) is 0. The normalized spacial score (nSPS) is 11.4. The van der Waals surface area contributed by atoms with Gasteiger partial charge < -0.3 is 4.42 Å². The van der Waals surface area contributed by atoms with Gasteiger partial charge in [0.1, 0.15) is 11.4 Å². The summed E-state index contributed by atoms with van der Waals surface area (Å²) in [5.41, 5.74) is 6.19. The molecule has 7 rings (SSSR count). The zero-order valence-electron chi connectivity index (χ0n) is 19.3. The first kappa shape index (κ1) is 20.4. The third kappa shape index (κ3) is 3.08. The van der Waals surface area contributed by atoms with Crippen LogP contribution in [0.25, 0.3) is 61.0 Å². The van der Waals surface area contributed by atoms with Crippen molar-refractivity contribution in [3.63, 3.8) is 0 Å². The molecule has 0 bridgehead atoms. The van der Waals surface area contributed by atoms with E-state index < -0.39 is 0 Å². The molecule has 0 aliphatic carbocycles. The van der Waals surface area contributed by atoms with Gasteiger partial charge in [0, 0.05) is 27.6 Å². The standard InChI is InChI=1S/C32H20N2O2/c35-32-24-16-8-7-15-23(24)30-28(36-32)20-19-25(29(30)21-11-3-1-4-12-21)31-33-26-17-9-10-18-27(26)34(31)22-13-5-2-6-14-22/h1-20H. The Morgan fingerprint density at radius 3 is 2.11 bits per heavy atom. The van der Waals surface area contributed by atoms with Crippen LogP contribution in [0.4, 0.5) is 0 Å². The van der Waals surface area contributed by atoms with Crippen molar-refractivity contribution in [1.29, 1.82) is 0 Å². The predicted octanol–water partition coefficient (Wildman–Crippen LogP) is 7.62. The van der Waals surface area contributed by atoms with E-state index in [1.165, 1.54) is 0 Å². The van der Waals surface area contributed by atoms with Gasteiger partial charge >= 0.3 is 5.63 Å². The first-order valence-corrected chi connectivity index (χ1v) is 11.9. The number of benzene rings is 5. The lowest BCUT2D eigenvalue weighted by Crippen LogP contribution is -2.02. The Balaban J connectivity index is 1.68. The fourth-order valence-electron chi connectivity index (χ4n) is 5.11. The highest BCUT2D eigenvalue weighted by Gasteiger charge is 2.22. The minimum atomic E-state index is -0.332. The third-order valence-electron chi connectivity index (χ3n) is 6.66. The second-order valence-electron chi connectivity index (χ2n) is 8.76. The molecule has 0 saturated carbocycles. The number of fused-ring (bicyclic) bond motifs is 4. The number of hydrogen-bond donors (Lipinski definition) is 0. The Hall–Kier alpha value is -4.96. The van der Waals surface area contributed by atoms with Gasteiger partial charge in [0.15, 0.2) is 0 Å². The van der Waals surface area contributed by atoms with Gasteiger partial charge in [-0.1, -0.05) is 78.9 Å². The molecule has 0 aliphatic heterocycles. The molecule has 0 aliphatic rings. The number of para-hydroxylation sites is 3. The summed E-state index contributed by atoms with van der Waals surface area (Å²) in [5.74, 6) is 0.832. The van der Waals surface area contributed by atoms with E-state index in [0.717, 1.165) is 50.0 Å². The van der Waals surface area contributed by atoms with E-state index in [1.807, 2.05) is 91.0 Å². The summed E-state index contributed by atoms with van der Waals surface area (Å²) in [4.78, 5) is 17.9. The Morgan fingerprint density at radius 1 is 0.639 bits per heavy atom. The Labute approximate surface area is 206 Å². The van der Waals surface area contributed by atoms with Crippen LogP contribution in [-0.4, -0.2) is 9.55 Å². The summed E-state index contributed by atoms with van der Waals surface area (Å²) < 4.78 is 8.02. The first-order valence-electron chi connectivity index (χ1n) is 11.9. The SMILES string of the molecule is O=c1oc2ccc(-c3nc4ccccc4n3-c3ccccc3)c(-c3ccccc3)c2c2ccccc12. The van der Waals surface area contributed by atoms with Gasteiger partial charge in [-0.3, -0.25) is 4.57 Å². The molecule has 5 aromatic carbocycles. The Kier molecular flexibility index (Phi) is 4.57. The summed E-state index contributed by atoms with van der Waals surface area (Å²) in [5, 5.41) is 2.34. The van der Waals surface area contributed by atoms with E-state index in [4.69, 9.17) is 9.40 Å². The van der Waals surface area contributed by atoms with E-state index >= 15 is 0 Å². The summed E-state index contributed by atoms with van der Waals surface area (Å²) in [7, 11) is 0. The van der Waals surface area contributed by atoms with Gasteiger partial charge in [0.05, 0.1) is 16.4 Å². The molecule has 0 N–H and O–H groups in total. The molecule has 0 saturated heterocycles. The highest BCUT2D eigenvalue weighted by Crippen LogP contribution is 2.41. The molecule has 0 spiro atoms. The lowest BCUT2D eigenvalue weighted by Gasteiger charge is -2.16. The van der Waals surface area contributed by atoms with E-state index in [2.05, 4.69) is 34.9 Å². The molecule has 0 unspecified atom stereocenters. The van der Waals surface area contributed by atoms with Crippen molar-refractivity contribution in [2.24, 2.45) is 0 Å². The van der Waals surface area contributed by atoms with Crippen molar-refractivity contribution in [2.75, 3.05) is 0 Å². The second-order valence-corrected chi connectivity index (χ2v) is 8.76. The molecule has 2 heterocycles. The summed E-state index contributed by atoms with van der Waals surface area (Å²) in [6.45, 7) is 0. The van der Waals surface area contributed by atoms with Crippen LogP contribution >= 0.6 is 0 Å². The van der Waals surface area contributed by atoms with Crippen LogP contribution in [0.2, 0.25) is 0 Å². The van der Waals surface area contributed by atoms with Crippen molar-refractivity contribution in [2.45, 2.75) is 0 Å². The number of rotatable bonds is 3. The van der Waals surface area contributed by atoms with Crippen molar-refractivity contribution in [3.05, 3.63) is 132 Å². The maximum Gasteiger partial charge on any atom is 0.344 e. The molecule has 170 valence electrons. The van der Waals surface area contributed by atoms with Crippen LogP contribution in [0.5, 0.6) is 0 Å². The largest absolute Gasteiger partial charge is 0.422 e. The van der Waals surface area contributed by atoms with Crippen molar-refractivity contribution >= 4 is 32.8 Å². The molecule has 0 radical (unpaired) electrons. The molecule has 7 aromatic rings. The number of imidazole rings is 1. The molecule has 2 aromatic heterocycles. The molecule has 36 heavy (non-hydrogen) atoms. The average molecular weight is 465 g/mol. The molecular formula is C32H20N2O2. The number of aromatic nitrogens is 2. The third-order valence-corrected chi connectivity index (χ3v) is 6.66. The monoisotopic (exact) mass is 464 g/mol. The maximum absolute atomic E-state index is 12.8. The van der Waals surface area contributed by atoms with Crippen LogP contribution in [0.1, 0.15) is 0 Å². The molecule has 0 amide bonds. The van der Waals surface area contributed by atoms with Gasteiger partial charge in [0.2, 0.25) is 0 Å². The maximum atomic E-state index is 12.8. The van der Waals surface area contributed by atoms with Crippen molar-refractivity contribution in [1.82, 2.24) is 9.55 Å². The van der Waals surface area contributed by atoms with Crippen LogP contribution in [0.3, 0.4) is 0 Å². The van der Waals surface area contributed by atoms with Gasteiger partial charge in [0.25, 0.3) is 0 Å². The zero-order valence-corrected chi connectivity index (χ0v) is 19.3. The minimum Gasteiger partial charge on any atom is -0.422 e. The van der Waals surface area contributed by atoms with Gasteiger partial charge in [-0.05, 0) is 48.0 Å². The van der Waals surface area contributed by atoms with Crippen molar-refractivity contribution < 1.29 is 4.42 Å². The van der Waals surface area contributed by atoms with E-state index in [-0.39, 0.29) is 5.63 Å². The lowest BCUT2D eigenvalue weighted by molar-refractivity contribution is 0.570. The highest BCUT2D eigenvalue weighted by atomic mass is 16.4. The number of nitrogens with zero attached hydrogens (tertiary/aromatic N) is 2. The Bertz CT molecular complexity index is 1950. The first-order chi connectivity index (χ1) is 17.8. The average Bonchev–Trinajstić information content (AvgIpc) is 3.33. The van der Waals surface area contributed by atoms with Gasteiger partial charge in [-0.15, -0.1) is 0 Å². The fourth-order valence-corrected chi connectivity index (χ4v) is 5.11. The molecular weight excluding hydrogens is 444 g/mol. The smallest absolute Gasteiger partial charge is 0.344 e. The van der Waals surface area contributed by atoms with Crippen LogP contribution in [0.15, 0.2) is 131 Å². The topological polar surface area (TPSA) is 48.0 Å². The zero-order chi connectivity index (χ0) is 24.1. The Morgan fingerprint density at radius 2 is 1.31 bits per heavy atom. The number of hydrogen-bond acceptors (Lipinski definition) is 3. The van der Waals surface area contributed by atoms with Crippen LogP contribution in [-0.2, 0) is 0 Å². The quantitative estimate of drug-likeness (QED) is 0.200. The second kappa shape index (κ2) is 8.07. The predicted molar refractivity (Wildman–Crippen MR) is 145 cm³/mol. The fraction of sp³-hybridized carbons (Fsp3) is 0. The minimum absolute atomic E-state index is 0.332. The summed E-state index contributed by atoms with van der Waals surface area (Å²) in [6, 6.07) is 40.2. The molecule has 0 fully saturated rings. The molecule has 4 nitrogen and oxygen atoms in total. The van der Waals surface area contributed by atoms with Crippen LogP contribution < -0.4 is 5.63 Å². The molecule has 4 heteroatoms. The van der Waals surface area contributed by atoms with Crippen molar-refractivity contribution in [3.8, 4) is 28.2 Å².